The number of nitrogens with one attached hydrogen (secondary N) is 1. The van der Waals surface area contributed by atoms with Crippen molar-refractivity contribution in [3.8, 4) is 11.4 Å². The van der Waals surface area contributed by atoms with Gasteiger partial charge in [0.05, 0.1) is 14.7 Å². The zero-order chi connectivity index (χ0) is 28.4. The van der Waals surface area contributed by atoms with Gasteiger partial charge in [-0.05, 0) is 73.1 Å². The van der Waals surface area contributed by atoms with Gasteiger partial charge in [0.1, 0.15) is 0 Å². The standard InChI is InChI=1S/C26H23ClN6O5S2/c1-31-24(17-5-4-6-19(27)15-17)29-30-26(31)39-23-12-7-18(16-22(23)33(35)36)25(34)28-20-8-10-21(11-9-20)40(37,38)32-13-2-3-14-32/h4-12,15-16H,2-3,13-14H2,1H3,(H,28,34). The van der Waals surface area contributed by atoms with Gasteiger partial charge in [-0.15, -0.1) is 10.2 Å². The molecule has 11 nitrogen and oxygen atoms in total. The fourth-order valence-corrected chi connectivity index (χ4v) is 6.84. The molecule has 1 saturated heterocycles. The van der Waals surface area contributed by atoms with Gasteiger partial charge in [-0.2, -0.15) is 4.31 Å². The van der Waals surface area contributed by atoms with Crippen LogP contribution in [0.4, 0.5) is 11.4 Å². The van der Waals surface area contributed by atoms with Crippen molar-refractivity contribution in [2.24, 2.45) is 7.05 Å². The number of hydrogen-bond acceptors (Lipinski definition) is 8. The number of nitrogens with zero attached hydrogens (tertiary/aromatic N) is 5. The zero-order valence-corrected chi connectivity index (χ0v) is 23.5. The Hall–Kier alpha value is -3.78. The number of carbonyl (C=O) groups excluding carboxylic acids is 1. The normalized spacial score (nSPS) is 13.8. The number of hydrogen-bond donors (Lipinski definition) is 1. The van der Waals surface area contributed by atoms with E-state index in [4.69, 9.17) is 11.6 Å². The first kappa shape index (κ1) is 27.8. The molecule has 2 heterocycles. The Bertz CT molecular complexity index is 1700. The van der Waals surface area contributed by atoms with Crippen LogP contribution in [0.2, 0.25) is 5.02 Å². The minimum atomic E-state index is -3.58. The van der Waals surface area contributed by atoms with E-state index >= 15 is 0 Å². The van der Waals surface area contributed by atoms with E-state index in [1.54, 1.807) is 29.8 Å². The van der Waals surface area contributed by atoms with Crippen molar-refractivity contribution in [3.05, 3.63) is 87.4 Å². The van der Waals surface area contributed by atoms with Crippen LogP contribution in [-0.4, -0.2) is 51.4 Å². The molecular formula is C26H23ClN6O5S2. The summed E-state index contributed by atoms with van der Waals surface area (Å²) in [4.78, 5) is 24.6. The van der Waals surface area contributed by atoms with Crippen LogP contribution in [0.3, 0.4) is 0 Å². The van der Waals surface area contributed by atoms with Gasteiger partial charge in [0.2, 0.25) is 10.0 Å². The summed E-state index contributed by atoms with van der Waals surface area (Å²) in [6, 6.07) is 17.1. The molecule has 0 atom stereocenters. The molecule has 0 aliphatic carbocycles. The molecule has 0 bridgehead atoms. The Morgan fingerprint density at radius 1 is 1.05 bits per heavy atom. The second kappa shape index (κ2) is 11.4. The Labute approximate surface area is 239 Å². The van der Waals surface area contributed by atoms with Gasteiger partial charge in [0, 0.05) is 48.0 Å². The van der Waals surface area contributed by atoms with Crippen molar-refractivity contribution in [3.63, 3.8) is 0 Å². The lowest BCUT2D eigenvalue weighted by Crippen LogP contribution is -2.27. The Morgan fingerprint density at radius 3 is 2.45 bits per heavy atom. The van der Waals surface area contributed by atoms with E-state index in [0.29, 0.717) is 34.8 Å². The molecule has 1 amide bonds. The number of nitro groups is 1. The van der Waals surface area contributed by atoms with Gasteiger partial charge in [-0.25, -0.2) is 8.42 Å². The predicted octanol–water partition coefficient (Wildman–Crippen LogP) is 5.23. The lowest BCUT2D eigenvalue weighted by molar-refractivity contribution is -0.387. The molecule has 0 radical (unpaired) electrons. The maximum atomic E-state index is 12.9. The third-order valence-electron chi connectivity index (χ3n) is 6.35. The largest absolute Gasteiger partial charge is 0.322 e. The molecule has 1 N–H and O–H groups in total. The van der Waals surface area contributed by atoms with Crippen LogP contribution >= 0.6 is 23.4 Å². The van der Waals surface area contributed by atoms with Crippen LogP contribution < -0.4 is 5.32 Å². The second-order valence-corrected chi connectivity index (χ2v) is 12.4. The van der Waals surface area contributed by atoms with Gasteiger partial charge in [0.25, 0.3) is 11.6 Å². The first-order chi connectivity index (χ1) is 19.1. The molecule has 3 aromatic carbocycles. The number of aromatic nitrogens is 3. The van der Waals surface area contributed by atoms with E-state index in [2.05, 4.69) is 15.5 Å². The highest BCUT2D eigenvalue weighted by atomic mass is 35.5. The molecule has 0 saturated carbocycles. The van der Waals surface area contributed by atoms with Gasteiger partial charge in [-0.1, -0.05) is 23.7 Å². The SMILES string of the molecule is Cn1c(Sc2ccc(C(=O)Nc3ccc(S(=O)(=O)N4CCCC4)cc3)cc2[N+](=O)[O-])nnc1-c1cccc(Cl)c1. The van der Waals surface area contributed by atoms with Crippen molar-refractivity contribution >= 4 is 50.7 Å². The van der Waals surface area contributed by atoms with E-state index in [0.717, 1.165) is 30.2 Å². The molecule has 0 spiro atoms. The second-order valence-electron chi connectivity index (χ2n) is 9.01. The van der Waals surface area contributed by atoms with E-state index in [-0.39, 0.29) is 21.0 Å². The number of sulfonamides is 1. The predicted molar refractivity (Wildman–Crippen MR) is 151 cm³/mol. The monoisotopic (exact) mass is 598 g/mol. The van der Waals surface area contributed by atoms with E-state index < -0.39 is 20.9 Å². The molecule has 1 aliphatic heterocycles. The summed E-state index contributed by atoms with van der Waals surface area (Å²) in [7, 11) is -1.83. The molecule has 1 aliphatic rings. The van der Waals surface area contributed by atoms with Crippen LogP contribution in [0.5, 0.6) is 0 Å². The third kappa shape index (κ3) is 5.72. The Balaban J connectivity index is 1.33. The summed E-state index contributed by atoms with van der Waals surface area (Å²) in [6.45, 7) is 0.987. The number of carbonyl (C=O) groups is 1. The molecule has 14 heteroatoms. The minimum absolute atomic E-state index is 0.0717. The smallest absolute Gasteiger partial charge is 0.284 e. The van der Waals surface area contributed by atoms with E-state index in [9.17, 15) is 23.3 Å². The third-order valence-corrected chi connectivity index (χ3v) is 9.60. The number of anilines is 1. The summed E-state index contributed by atoms with van der Waals surface area (Å²) in [6.07, 6.45) is 1.67. The highest BCUT2D eigenvalue weighted by Crippen LogP contribution is 2.36. The quantitative estimate of drug-likeness (QED) is 0.215. The molecule has 0 unspecified atom stereocenters. The van der Waals surface area contributed by atoms with Crippen molar-refractivity contribution in [2.75, 3.05) is 18.4 Å². The van der Waals surface area contributed by atoms with E-state index in [1.807, 2.05) is 6.07 Å². The maximum absolute atomic E-state index is 12.9. The maximum Gasteiger partial charge on any atom is 0.284 e. The number of rotatable bonds is 8. The van der Waals surface area contributed by atoms with Crippen LogP contribution in [0, 0.1) is 10.1 Å². The first-order valence-corrected chi connectivity index (χ1v) is 14.8. The van der Waals surface area contributed by atoms with Crippen LogP contribution in [-0.2, 0) is 17.1 Å². The van der Waals surface area contributed by atoms with Gasteiger partial charge >= 0.3 is 0 Å². The minimum Gasteiger partial charge on any atom is -0.322 e. The number of nitro benzene ring substituents is 1. The lowest BCUT2D eigenvalue weighted by Gasteiger charge is -2.15. The molecule has 4 aromatic rings. The van der Waals surface area contributed by atoms with Crippen LogP contribution in [0.25, 0.3) is 11.4 Å². The Kier molecular flexibility index (Phi) is 7.90. The summed E-state index contributed by atoms with van der Waals surface area (Å²) in [5.41, 5.74) is 0.913. The molecule has 1 aromatic heterocycles. The summed E-state index contributed by atoms with van der Waals surface area (Å²) < 4.78 is 28.6. The molecule has 5 rings (SSSR count). The molecule has 206 valence electrons. The summed E-state index contributed by atoms with van der Waals surface area (Å²) in [5, 5.41) is 23.9. The van der Waals surface area contributed by atoms with Crippen LogP contribution in [0.15, 0.2) is 81.7 Å². The number of amides is 1. The van der Waals surface area contributed by atoms with E-state index in [1.165, 1.54) is 46.8 Å². The number of halogens is 1. The van der Waals surface area contributed by atoms with Crippen LogP contribution in [0.1, 0.15) is 23.2 Å². The van der Waals surface area contributed by atoms with Crippen molar-refractivity contribution in [2.45, 2.75) is 27.8 Å². The Morgan fingerprint density at radius 2 is 1.77 bits per heavy atom. The summed E-state index contributed by atoms with van der Waals surface area (Å²) >= 11 is 7.13. The zero-order valence-electron chi connectivity index (χ0n) is 21.2. The highest BCUT2D eigenvalue weighted by molar-refractivity contribution is 7.99. The van der Waals surface area contributed by atoms with Crippen molar-refractivity contribution in [1.29, 1.82) is 0 Å². The van der Waals surface area contributed by atoms with Gasteiger partial charge < -0.3 is 9.88 Å². The lowest BCUT2D eigenvalue weighted by atomic mass is 10.2. The molecular weight excluding hydrogens is 576 g/mol. The molecule has 1 fully saturated rings. The average Bonchev–Trinajstić information content (AvgIpc) is 3.60. The fraction of sp³-hybridized carbons (Fsp3) is 0.192. The van der Waals surface area contributed by atoms with Gasteiger partial charge in [-0.3, -0.25) is 14.9 Å². The average molecular weight is 599 g/mol. The molecule has 40 heavy (non-hydrogen) atoms. The fourth-order valence-electron chi connectivity index (χ4n) is 4.26. The highest BCUT2D eigenvalue weighted by Gasteiger charge is 2.27. The first-order valence-electron chi connectivity index (χ1n) is 12.2. The van der Waals surface area contributed by atoms with Crippen molar-refractivity contribution in [1.82, 2.24) is 19.1 Å². The number of benzene rings is 3. The van der Waals surface area contributed by atoms with Crippen molar-refractivity contribution < 1.29 is 18.1 Å². The summed E-state index contributed by atoms with van der Waals surface area (Å²) in [5.74, 6) is -0.0281. The topological polar surface area (TPSA) is 140 Å². The van der Waals surface area contributed by atoms with Gasteiger partial charge in [0.15, 0.2) is 11.0 Å².